The van der Waals surface area contributed by atoms with E-state index < -0.39 is 37.0 Å². The minimum atomic E-state index is -1.04. The average molecular weight is 1360 g/mol. The molecule has 5 aromatic carbocycles. The van der Waals surface area contributed by atoms with Gasteiger partial charge in [-0.3, -0.25) is 19.4 Å². The zero-order valence-electron chi connectivity index (χ0n) is 57.8. The van der Waals surface area contributed by atoms with E-state index >= 15 is 0 Å². The van der Waals surface area contributed by atoms with Crippen LogP contribution in [-0.2, 0) is 61.3 Å². The summed E-state index contributed by atoms with van der Waals surface area (Å²) in [5.41, 5.74) is 8.58. The molecule has 0 unspecified atom stereocenters. The van der Waals surface area contributed by atoms with Crippen LogP contribution in [-0.4, -0.2) is 259 Å². The quantitative estimate of drug-likeness (QED) is 0.0457. The topological polar surface area (TPSA) is 256 Å². The van der Waals surface area contributed by atoms with Crippen molar-refractivity contribution in [2.45, 2.75) is 87.4 Å². The maximum Gasteiger partial charge on any atom is 0.492 e. The van der Waals surface area contributed by atoms with Gasteiger partial charge in [-0.25, -0.2) is 19.2 Å². The van der Waals surface area contributed by atoms with Crippen LogP contribution in [0.15, 0.2) is 109 Å². The Morgan fingerprint density at radius 1 is 0.571 bits per heavy atom. The second-order valence-corrected chi connectivity index (χ2v) is 25.1. The zero-order chi connectivity index (χ0) is 69.5. The first-order valence-electron chi connectivity index (χ1n) is 33.2. The molecule has 6 heterocycles. The number of ether oxygens (including phenoxy) is 4. The van der Waals surface area contributed by atoms with Crippen molar-refractivity contribution in [1.29, 1.82) is 0 Å². The molecule has 2 amide bonds. The Morgan fingerprint density at radius 3 is 1.41 bits per heavy atom. The zero-order valence-corrected chi connectivity index (χ0v) is 57.8. The largest absolute Gasteiger partial charge is 0.492 e. The van der Waals surface area contributed by atoms with Crippen LogP contribution in [0, 0.1) is 12.8 Å². The number of aliphatic hydroxyl groups is 1. The molecule has 0 aromatic heterocycles. The number of carboxylic acids is 1. The number of carbonyl (C=O) groups excluding carboxylic acids is 5. The molecule has 0 aliphatic carbocycles. The van der Waals surface area contributed by atoms with Gasteiger partial charge in [0, 0.05) is 142 Å². The van der Waals surface area contributed by atoms with Crippen molar-refractivity contribution in [3.05, 3.63) is 170 Å². The van der Waals surface area contributed by atoms with Gasteiger partial charge in [-0.05, 0) is 147 Å². The van der Waals surface area contributed by atoms with Gasteiger partial charge in [-0.15, -0.1) is 0 Å². The van der Waals surface area contributed by atoms with E-state index in [1.54, 1.807) is 43.3 Å². The molecule has 5 aromatic rings. The van der Waals surface area contributed by atoms with E-state index in [0.717, 1.165) is 135 Å². The molecule has 538 valence electrons. The van der Waals surface area contributed by atoms with Crippen molar-refractivity contribution >= 4 is 48.3 Å². The van der Waals surface area contributed by atoms with Crippen molar-refractivity contribution in [1.82, 2.24) is 44.9 Å². The number of rotatable bonds is 15. The van der Waals surface area contributed by atoms with Crippen molar-refractivity contribution in [2.24, 2.45) is 5.92 Å². The van der Waals surface area contributed by atoms with Gasteiger partial charge in [0.2, 0.25) is 0 Å². The summed E-state index contributed by atoms with van der Waals surface area (Å²) >= 11 is 0. The van der Waals surface area contributed by atoms with Crippen LogP contribution in [0.4, 0.5) is 0 Å². The van der Waals surface area contributed by atoms with Gasteiger partial charge in [0.15, 0.2) is 0 Å². The molecule has 0 radical (unpaired) electrons. The predicted molar refractivity (Wildman–Crippen MR) is 384 cm³/mol. The fourth-order valence-corrected chi connectivity index (χ4v) is 10.9. The Balaban J connectivity index is 0.000000277. The molecule has 23 nitrogen and oxygen atoms in total. The fraction of sp³-hybridized carbons (Fsp3) is 0.514. The van der Waals surface area contributed by atoms with Crippen molar-refractivity contribution in [2.75, 3.05) is 160 Å². The highest BCUT2D eigenvalue weighted by Gasteiger charge is 2.33. The van der Waals surface area contributed by atoms with Crippen molar-refractivity contribution in [3.63, 3.8) is 0 Å². The van der Waals surface area contributed by atoms with Crippen molar-refractivity contribution in [3.8, 4) is 0 Å². The van der Waals surface area contributed by atoms with Gasteiger partial charge in [0.1, 0.15) is 12.6 Å². The normalized spacial score (nSPS) is 16.8. The lowest BCUT2D eigenvalue weighted by molar-refractivity contribution is -0.148. The molecule has 1 atom stereocenters. The maximum absolute atomic E-state index is 13.0. The van der Waals surface area contributed by atoms with E-state index in [4.69, 9.17) is 24.3 Å². The fourth-order valence-electron chi connectivity index (χ4n) is 10.9. The number of hydrogen-bond acceptors (Lipinski definition) is 20. The molecular formula is C74H110BN9O14. The summed E-state index contributed by atoms with van der Waals surface area (Å²) in [7, 11) is 10.1. The molecule has 5 N–H and O–H groups in total. The van der Waals surface area contributed by atoms with Crippen molar-refractivity contribution < 1.29 is 67.6 Å². The standard InChI is InChI=1S/C27H36BN3O5.C14H18N2O3.C13H20N2O.C9H8O4.C5H12N2.C4H8O.2CH4/c1-18(2)25(29-26(32)23-10-9-22-17-36-28(34)24(22)19(23)3)27(33)35-16-21-7-5-20(6-8-21)15-31-13-11-30(4)12-14-31;1-15-7-9-16(10-8-15)13(17)11-3-5-12(6-4-11)14(18)19-2;1-14-6-8-15(9-7-14)10-12-2-4-13(11-16)5-3-12;1-13-9(12)7-4-2-6(3-5-7)8(10)11;1-7-4-2-6-3-5-7;1-2-4-5-3-1;;/h5-10,18,25,34H,11-17H2,1-4H3,(H,29,32);3-6H,7-10H2,1-2H3;2-5,16H,6-11H2,1H3;2-5H,1H3,(H,10,11);6H,2-5H2,1H3;1-4H2;2*1H4/t25-;;;;;;;/m0......./s1. The highest BCUT2D eigenvalue weighted by molar-refractivity contribution is 6.62. The number of carbonyl (C=O) groups is 6. The molecular weight excluding hydrogens is 1250 g/mol. The van der Waals surface area contributed by atoms with Crippen LogP contribution in [0.1, 0.15) is 127 Å². The number of amides is 2. The van der Waals surface area contributed by atoms with E-state index in [9.17, 15) is 33.8 Å². The number of aliphatic hydroxyl groups excluding tert-OH is 1. The lowest BCUT2D eigenvalue weighted by Gasteiger charge is -2.32. The van der Waals surface area contributed by atoms with E-state index in [1.165, 1.54) is 75.5 Å². The Bertz CT molecular complexity index is 3180. The van der Waals surface area contributed by atoms with Gasteiger partial charge in [-0.2, -0.15) is 0 Å². The number of benzene rings is 5. The number of nitrogens with zero attached hydrogens (tertiary/aromatic N) is 7. The molecule has 6 aliphatic rings. The smallest absolute Gasteiger partial charge is 0.478 e. The minimum absolute atomic E-state index is 0. The number of aromatic carboxylic acids is 1. The molecule has 5 saturated heterocycles. The predicted octanol–water partition coefficient (Wildman–Crippen LogP) is 6.01. The number of esters is 3. The summed E-state index contributed by atoms with van der Waals surface area (Å²) in [5, 5.41) is 33.7. The SMILES string of the molecule is C.C.C1CCOC1.CN1CCN(Cc2ccc(CO)cc2)CC1.CN1CCNCC1.COC(=O)c1ccc(C(=O)N2CCN(C)CC2)cc1.COC(=O)c1ccc(C(=O)O)cc1.Cc1c(C(=O)N[C@H](C(=O)OCc2ccc(CN3CCN(C)CC3)cc2)C(C)C)ccc2c1B(O)OC2. The van der Waals surface area contributed by atoms with Crippen LogP contribution < -0.4 is 16.1 Å². The third kappa shape index (κ3) is 27.7. The number of likely N-dealkylation sites (N-methyl/N-ethyl adjacent to an activating group) is 4. The van der Waals surface area contributed by atoms with Gasteiger partial charge < -0.3 is 74.0 Å². The van der Waals surface area contributed by atoms with Crippen LogP contribution in [0.2, 0.25) is 0 Å². The third-order valence-corrected chi connectivity index (χ3v) is 17.4. The van der Waals surface area contributed by atoms with E-state index in [-0.39, 0.29) is 51.4 Å². The molecule has 0 spiro atoms. The summed E-state index contributed by atoms with van der Waals surface area (Å²) < 4.78 is 24.9. The maximum atomic E-state index is 13.0. The summed E-state index contributed by atoms with van der Waals surface area (Å²) in [6, 6.07) is 31.2. The Labute approximate surface area is 582 Å². The Hall–Kier alpha value is -7.46. The number of nitrogens with one attached hydrogen (secondary N) is 2. The number of fused-ring (bicyclic) bond motifs is 1. The van der Waals surface area contributed by atoms with Crippen LogP contribution in [0.5, 0.6) is 0 Å². The molecule has 0 bridgehead atoms. The summed E-state index contributed by atoms with van der Waals surface area (Å²) in [5.74, 6) is -2.87. The minimum Gasteiger partial charge on any atom is -0.478 e. The molecule has 24 heteroatoms. The van der Waals surface area contributed by atoms with E-state index in [0.29, 0.717) is 39.9 Å². The molecule has 98 heavy (non-hydrogen) atoms. The van der Waals surface area contributed by atoms with Gasteiger partial charge in [-0.1, -0.05) is 83.3 Å². The van der Waals surface area contributed by atoms with Crippen LogP contribution in [0.25, 0.3) is 0 Å². The Kier molecular flexibility index (Phi) is 37.1. The third-order valence-electron chi connectivity index (χ3n) is 17.4. The summed E-state index contributed by atoms with van der Waals surface area (Å²) in [4.78, 5) is 86.9. The highest BCUT2D eigenvalue weighted by atomic mass is 16.5. The van der Waals surface area contributed by atoms with E-state index in [2.05, 4.69) is 94.9 Å². The second-order valence-electron chi connectivity index (χ2n) is 25.1. The number of carboxylic acid groups (broad SMARTS) is 1. The second kappa shape index (κ2) is 43.8. The van der Waals surface area contributed by atoms with Gasteiger partial charge >= 0.3 is 31.0 Å². The monoisotopic (exact) mass is 1360 g/mol. The first kappa shape index (κ1) is 83.0. The molecule has 0 saturated carbocycles. The average Bonchev–Trinajstić information content (AvgIpc) is 1.61. The number of piperazine rings is 4. The van der Waals surface area contributed by atoms with Gasteiger partial charge in [0.25, 0.3) is 11.8 Å². The first-order valence-corrected chi connectivity index (χ1v) is 33.2. The Morgan fingerprint density at radius 2 is 1.00 bits per heavy atom. The molecule has 11 rings (SSSR count). The summed E-state index contributed by atoms with van der Waals surface area (Å²) in [6.45, 7) is 27.0. The lowest BCUT2D eigenvalue weighted by atomic mass is 9.75. The molecule has 6 aliphatic heterocycles. The van der Waals surface area contributed by atoms with Crippen LogP contribution in [0.3, 0.4) is 0 Å². The highest BCUT2D eigenvalue weighted by Crippen LogP contribution is 2.19. The van der Waals surface area contributed by atoms with Gasteiger partial charge in [0.05, 0.1) is 44.1 Å². The first-order chi connectivity index (χ1) is 46.2. The lowest BCUT2D eigenvalue weighted by Crippen LogP contribution is -2.47. The number of hydrogen-bond donors (Lipinski definition) is 5. The van der Waals surface area contributed by atoms with Crippen LogP contribution >= 0.6 is 0 Å². The van der Waals surface area contributed by atoms with E-state index in [1.807, 2.05) is 50.1 Å². The summed E-state index contributed by atoms with van der Waals surface area (Å²) in [6.07, 6.45) is 2.56. The number of methoxy groups -OCH3 is 2. The molecule has 5 fully saturated rings.